The average Bonchev–Trinajstić information content (AvgIpc) is 2.20. The molecule has 14 heavy (non-hydrogen) atoms. The van der Waals surface area contributed by atoms with Gasteiger partial charge in [0.1, 0.15) is 11.9 Å². The molecule has 0 aliphatic rings. The summed E-state index contributed by atoms with van der Waals surface area (Å²) in [7, 11) is 1.61. The molecule has 0 fully saturated rings. The van der Waals surface area contributed by atoms with Gasteiger partial charge in [0.25, 0.3) is 0 Å². The monoisotopic (exact) mass is 305 g/mol. The molecule has 76 valence electrons. The molecule has 1 amide bonds. The number of pyridine rings is 1. The van der Waals surface area contributed by atoms with Gasteiger partial charge in [-0.05, 0) is 41.6 Å². The number of nitrogens with one attached hydrogen (secondary N) is 2. The SMILES string of the molecule is CNC(=O)[C@H](C)Nc1ncccc1I. The topological polar surface area (TPSA) is 54.0 Å². The van der Waals surface area contributed by atoms with Gasteiger partial charge in [-0.25, -0.2) is 4.98 Å². The number of halogens is 1. The molecule has 0 spiro atoms. The zero-order valence-electron chi connectivity index (χ0n) is 8.04. The number of aromatic nitrogens is 1. The van der Waals surface area contributed by atoms with Gasteiger partial charge in [0.2, 0.25) is 5.91 Å². The van der Waals surface area contributed by atoms with Crippen molar-refractivity contribution in [1.82, 2.24) is 10.3 Å². The Morgan fingerprint density at radius 3 is 2.93 bits per heavy atom. The predicted octanol–water partition coefficient (Wildman–Crippen LogP) is 1.23. The number of hydrogen-bond donors (Lipinski definition) is 2. The van der Waals surface area contributed by atoms with E-state index in [9.17, 15) is 4.79 Å². The van der Waals surface area contributed by atoms with Gasteiger partial charge in [0.05, 0.1) is 3.57 Å². The smallest absolute Gasteiger partial charge is 0.241 e. The van der Waals surface area contributed by atoms with E-state index >= 15 is 0 Å². The standard InChI is InChI=1S/C9H12IN3O/c1-6(9(14)11-2)13-8-7(10)4-3-5-12-8/h3-6H,1-2H3,(H,11,14)(H,12,13)/t6-/m0/s1. The van der Waals surface area contributed by atoms with Crippen LogP contribution in [-0.2, 0) is 4.79 Å². The number of nitrogens with zero attached hydrogens (tertiary/aromatic N) is 1. The van der Waals surface area contributed by atoms with Crippen LogP contribution in [0.1, 0.15) is 6.92 Å². The third-order valence-corrected chi connectivity index (χ3v) is 2.62. The van der Waals surface area contributed by atoms with Crippen LogP contribution in [0, 0.1) is 3.57 Å². The molecule has 1 rings (SSSR count). The fraction of sp³-hybridized carbons (Fsp3) is 0.333. The Kier molecular flexibility index (Phi) is 4.12. The molecule has 2 N–H and O–H groups in total. The van der Waals surface area contributed by atoms with Gasteiger partial charge in [0, 0.05) is 13.2 Å². The maximum absolute atomic E-state index is 11.2. The number of likely N-dealkylation sites (N-methyl/N-ethyl adjacent to an activating group) is 1. The zero-order valence-corrected chi connectivity index (χ0v) is 10.2. The summed E-state index contributed by atoms with van der Waals surface area (Å²) >= 11 is 2.17. The Bertz CT molecular complexity index is 330. The highest BCUT2D eigenvalue weighted by Gasteiger charge is 2.11. The molecule has 1 atom stereocenters. The van der Waals surface area contributed by atoms with E-state index in [1.165, 1.54) is 0 Å². The van der Waals surface area contributed by atoms with Crippen LogP contribution in [-0.4, -0.2) is 24.0 Å². The maximum atomic E-state index is 11.2. The van der Waals surface area contributed by atoms with E-state index in [0.717, 1.165) is 9.39 Å². The Hall–Kier alpha value is -0.850. The van der Waals surface area contributed by atoms with Gasteiger partial charge in [-0.3, -0.25) is 4.79 Å². The van der Waals surface area contributed by atoms with Gasteiger partial charge in [-0.2, -0.15) is 0 Å². The third-order valence-electron chi connectivity index (χ3n) is 1.75. The van der Waals surface area contributed by atoms with E-state index in [-0.39, 0.29) is 11.9 Å². The molecule has 0 saturated heterocycles. The van der Waals surface area contributed by atoms with Crippen LogP contribution in [0.25, 0.3) is 0 Å². The first-order chi connectivity index (χ1) is 6.65. The molecule has 1 heterocycles. The number of carbonyl (C=O) groups excluding carboxylic acids is 1. The van der Waals surface area contributed by atoms with Gasteiger partial charge >= 0.3 is 0 Å². The van der Waals surface area contributed by atoms with Crippen LogP contribution in [0.2, 0.25) is 0 Å². The lowest BCUT2D eigenvalue weighted by atomic mass is 10.3. The summed E-state index contributed by atoms with van der Waals surface area (Å²) in [5, 5.41) is 5.60. The first-order valence-corrected chi connectivity index (χ1v) is 5.31. The minimum atomic E-state index is -0.275. The number of anilines is 1. The molecule has 0 aliphatic heterocycles. The molecule has 0 radical (unpaired) electrons. The van der Waals surface area contributed by atoms with Crippen molar-refractivity contribution in [3.8, 4) is 0 Å². The lowest BCUT2D eigenvalue weighted by molar-refractivity contribution is -0.121. The molecule has 4 nitrogen and oxygen atoms in total. The Morgan fingerprint density at radius 1 is 1.64 bits per heavy atom. The fourth-order valence-electron chi connectivity index (χ4n) is 0.979. The first-order valence-electron chi connectivity index (χ1n) is 4.23. The highest BCUT2D eigenvalue weighted by Crippen LogP contribution is 2.14. The summed E-state index contributed by atoms with van der Waals surface area (Å²) in [5.74, 6) is 0.690. The normalized spacial score (nSPS) is 11.9. The number of rotatable bonds is 3. The van der Waals surface area contributed by atoms with E-state index in [4.69, 9.17) is 0 Å². The number of hydrogen-bond acceptors (Lipinski definition) is 3. The predicted molar refractivity (Wildman–Crippen MR) is 64.1 cm³/mol. The van der Waals surface area contributed by atoms with Crippen LogP contribution in [0.3, 0.4) is 0 Å². The largest absolute Gasteiger partial charge is 0.358 e. The molecule has 0 aromatic carbocycles. The van der Waals surface area contributed by atoms with Crippen molar-refractivity contribution in [1.29, 1.82) is 0 Å². The first kappa shape index (κ1) is 11.2. The summed E-state index contributed by atoms with van der Waals surface area (Å²) < 4.78 is 1.00. The maximum Gasteiger partial charge on any atom is 0.241 e. The molecule has 1 aromatic heterocycles. The average molecular weight is 305 g/mol. The van der Waals surface area contributed by atoms with E-state index in [0.29, 0.717) is 0 Å². The molecule has 0 saturated carbocycles. The van der Waals surface area contributed by atoms with E-state index in [1.54, 1.807) is 20.2 Å². The van der Waals surface area contributed by atoms with Crippen molar-refractivity contribution in [2.45, 2.75) is 13.0 Å². The lowest BCUT2D eigenvalue weighted by Crippen LogP contribution is -2.35. The highest BCUT2D eigenvalue weighted by molar-refractivity contribution is 14.1. The second kappa shape index (κ2) is 5.14. The third kappa shape index (κ3) is 2.83. The summed E-state index contributed by atoms with van der Waals surface area (Å²) in [4.78, 5) is 15.4. The quantitative estimate of drug-likeness (QED) is 0.826. The summed E-state index contributed by atoms with van der Waals surface area (Å²) in [6.07, 6.45) is 1.70. The lowest BCUT2D eigenvalue weighted by Gasteiger charge is -2.13. The summed E-state index contributed by atoms with van der Waals surface area (Å²) in [6, 6.07) is 3.52. The second-order valence-corrected chi connectivity index (χ2v) is 3.98. The van der Waals surface area contributed by atoms with Crippen LogP contribution < -0.4 is 10.6 Å². The number of amides is 1. The Morgan fingerprint density at radius 2 is 2.36 bits per heavy atom. The second-order valence-electron chi connectivity index (χ2n) is 2.81. The van der Waals surface area contributed by atoms with Crippen molar-refractivity contribution in [3.63, 3.8) is 0 Å². The van der Waals surface area contributed by atoms with Gasteiger partial charge < -0.3 is 10.6 Å². The minimum absolute atomic E-state index is 0.0496. The van der Waals surface area contributed by atoms with Crippen molar-refractivity contribution in [2.75, 3.05) is 12.4 Å². The fourth-order valence-corrected chi connectivity index (χ4v) is 1.48. The molecule has 0 unspecified atom stereocenters. The molecular formula is C9H12IN3O. The molecular weight excluding hydrogens is 293 g/mol. The Balaban J connectivity index is 2.69. The molecule has 5 heteroatoms. The van der Waals surface area contributed by atoms with E-state index in [2.05, 4.69) is 38.2 Å². The summed E-state index contributed by atoms with van der Waals surface area (Å²) in [6.45, 7) is 1.80. The number of carbonyl (C=O) groups is 1. The van der Waals surface area contributed by atoms with Crippen LogP contribution in [0.15, 0.2) is 18.3 Å². The van der Waals surface area contributed by atoms with E-state index in [1.807, 2.05) is 12.1 Å². The van der Waals surface area contributed by atoms with Crippen LogP contribution in [0.4, 0.5) is 5.82 Å². The van der Waals surface area contributed by atoms with E-state index < -0.39 is 0 Å². The van der Waals surface area contributed by atoms with Crippen molar-refractivity contribution >= 4 is 34.3 Å². The van der Waals surface area contributed by atoms with Crippen molar-refractivity contribution in [2.24, 2.45) is 0 Å². The van der Waals surface area contributed by atoms with Gasteiger partial charge in [0.15, 0.2) is 0 Å². The van der Waals surface area contributed by atoms with Gasteiger partial charge in [-0.15, -0.1) is 0 Å². The Labute approximate surface area is 96.6 Å². The van der Waals surface area contributed by atoms with Crippen molar-refractivity contribution < 1.29 is 4.79 Å². The zero-order chi connectivity index (χ0) is 10.6. The minimum Gasteiger partial charge on any atom is -0.358 e. The highest BCUT2D eigenvalue weighted by atomic mass is 127. The van der Waals surface area contributed by atoms with Gasteiger partial charge in [-0.1, -0.05) is 0 Å². The van der Waals surface area contributed by atoms with Crippen LogP contribution >= 0.6 is 22.6 Å². The molecule has 1 aromatic rings. The molecule has 0 bridgehead atoms. The van der Waals surface area contributed by atoms with Crippen molar-refractivity contribution in [3.05, 3.63) is 21.9 Å². The van der Waals surface area contributed by atoms with Crippen LogP contribution in [0.5, 0.6) is 0 Å². The summed E-state index contributed by atoms with van der Waals surface area (Å²) in [5.41, 5.74) is 0. The molecule has 0 aliphatic carbocycles.